The van der Waals surface area contributed by atoms with E-state index in [1.165, 1.54) is 11.3 Å². The van der Waals surface area contributed by atoms with Crippen LogP contribution in [0.1, 0.15) is 23.5 Å². The van der Waals surface area contributed by atoms with Crippen LogP contribution in [0.25, 0.3) is 0 Å². The summed E-state index contributed by atoms with van der Waals surface area (Å²) in [5.41, 5.74) is 5.67. The molecule has 0 radical (unpaired) electrons. The van der Waals surface area contributed by atoms with Gasteiger partial charge in [-0.05, 0) is 0 Å². The molecule has 0 aromatic carbocycles. The van der Waals surface area contributed by atoms with Crippen molar-refractivity contribution in [3.05, 3.63) is 4.88 Å². The van der Waals surface area contributed by atoms with Crippen molar-refractivity contribution in [2.24, 2.45) is 5.92 Å². The van der Waals surface area contributed by atoms with Crippen LogP contribution in [0.3, 0.4) is 0 Å². The molecule has 0 saturated heterocycles. The molecule has 0 aliphatic heterocycles. The molecule has 2 N–H and O–H groups in total. The zero-order chi connectivity index (χ0) is 10.9. The Morgan fingerprint density at radius 2 is 2.07 bits per heavy atom. The maximum atomic E-state index is 11.7. The minimum atomic E-state index is -0.0345. The quantitative estimate of drug-likeness (QED) is 0.775. The molecule has 0 bridgehead atoms. The second kappa shape index (κ2) is 3.96. The lowest BCUT2D eigenvalue weighted by Crippen LogP contribution is -2.07. The van der Waals surface area contributed by atoms with Gasteiger partial charge in [0, 0.05) is 20.0 Å². The standard InChI is InChI=1S/C9H15N3OS/c1-5(2)6(13)7-8(10)11-9(14-7)12(3)4/h5H,10H2,1-4H3. The lowest BCUT2D eigenvalue weighted by Gasteiger charge is -2.05. The molecule has 0 amide bonds. The molecule has 5 heteroatoms. The second-order valence-corrected chi connectivity index (χ2v) is 4.60. The summed E-state index contributed by atoms with van der Waals surface area (Å²) in [5.74, 6) is 0.373. The Morgan fingerprint density at radius 1 is 1.50 bits per heavy atom. The largest absolute Gasteiger partial charge is 0.382 e. The molecule has 0 aliphatic carbocycles. The topological polar surface area (TPSA) is 59.2 Å². The highest BCUT2D eigenvalue weighted by Gasteiger charge is 2.19. The average molecular weight is 213 g/mol. The molecule has 0 spiro atoms. The zero-order valence-corrected chi connectivity index (χ0v) is 9.68. The first-order valence-electron chi connectivity index (χ1n) is 4.41. The fourth-order valence-corrected chi connectivity index (χ4v) is 1.95. The van der Waals surface area contributed by atoms with E-state index in [2.05, 4.69) is 4.98 Å². The van der Waals surface area contributed by atoms with E-state index < -0.39 is 0 Å². The van der Waals surface area contributed by atoms with Crippen LogP contribution >= 0.6 is 11.3 Å². The lowest BCUT2D eigenvalue weighted by atomic mass is 10.1. The number of nitrogens with zero attached hydrogens (tertiary/aromatic N) is 2. The maximum absolute atomic E-state index is 11.7. The number of nitrogens with two attached hydrogens (primary N) is 1. The summed E-state index contributed by atoms with van der Waals surface area (Å²) < 4.78 is 0. The van der Waals surface area contributed by atoms with Gasteiger partial charge in [-0.2, -0.15) is 0 Å². The van der Waals surface area contributed by atoms with Crippen LogP contribution in [0.4, 0.5) is 10.9 Å². The van der Waals surface area contributed by atoms with Crippen molar-refractivity contribution in [1.29, 1.82) is 0 Å². The van der Waals surface area contributed by atoms with Gasteiger partial charge in [-0.25, -0.2) is 4.98 Å². The predicted octanol–water partition coefficient (Wildman–Crippen LogP) is 1.63. The van der Waals surface area contributed by atoms with Gasteiger partial charge in [0.2, 0.25) is 0 Å². The van der Waals surface area contributed by atoms with Gasteiger partial charge >= 0.3 is 0 Å². The van der Waals surface area contributed by atoms with E-state index >= 15 is 0 Å². The minimum absolute atomic E-state index is 0.0345. The molecule has 4 nitrogen and oxygen atoms in total. The van der Waals surface area contributed by atoms with Crippen LogP contribution in [0.2, 0.25) is 0 Å². The van der Waals surface area contributed by atoms with Gasteiger partial charge in [-0.3, -0.25) is 4.79 Å². The van der Waals surface area contributed by atoms with Gasteiger partial charge < -0.3 is 10.6 Å². The highest BCUT2D eigenvalue weighted by atomic mass is 32.1. The Balaban J connectivity index is 3.04. The fourth-order valence-electron chi connectivity index (χ4n) is 0.950. The molecule has 0 fully saturated rings. The number of thiazole rings is 1. The number of nitrogen functional groups attached to an aromatic ring is 1. The molecule has 1 heterocycles. The number of rotatable bonds is 3. The Morgan fingerprint density at radius 3 is 2.43 bits per heavy atom. The molecule has 14 heavy (non-hydrogen) atoms. The van der Waals surface area contributed by atoms with E-state index in [-0.39, 0.29) is 11.7 Å². The van der Waals surface area contributed by atoms with Crippen LogP contribution in [0.5, 0.6) is 0 Å². The van der Waals surface area contributed by atoms with Crippen LogP contribution in [-0.4, -0.2) is 24.9 Å². The summed E-state index contributed by atoms with van der Waals surface area (Å²) in [5, 5.41) is 0.770. The number of ketones is 1. The predicted molar refractivity (Wildman–Crippen MR) is 60.0 cm³/mol. The molecule has 78 valence electrons. The molecular weight excluding hydrogens is 198 g/mol. The molecule has 0 atom stereocenters. The highest BCUT2D eigenvalue weighted by Crippen LogP contribution is 2.28. The third kappa shape index (κ3) is 2.04. The molecule has 0 unspecified atom stereocenters. The van der Waals surface area contributed by atoms with Crippen molar-refractivity contribution >= 4 is 28.1 Å². The highest BCUT2D eigenvalue weighted by molar-refractivity contribution is 7.18. The van der Waals surface area contributed by atoms with Crippen molar-refractivity contribution in [1.82, 2.24) is 4.98 Å². The summed E-state index contributed by atoms with van der Waals surface area (Å²) in [6.07, 6.45) is 0. The van der Waals surface area contributed by atoms with E-state index in [0.29, 0.717) is 10.7 Å². The van der Waals surface area contributed by atoms with Gasteiger partial charge in [0.25, 0.3) is 0 Å². The van der Waals surface area contributed by atoms with E-state index in [0.717, 1.165) is 5.13 Å². The first kappa shape index (κ1) is 11.0. The van der Waals surface area contributed by atoms with Gasteiger partial charge in [0.1, 0.15) is 10.7 Å². The fraction of sp³-hybridized carbons (Fsp3) is 0.556. The Hall–Kier alpha value is -1.10. The minimum Gasteiger partial charge on any atom is -0.382 e. The number of hydrogen-bond acceptors (Lipinski definition) is 5. The molecule has 1 aromatic heterocycles. The number of carbonyl (C=O) groups is 1. The number of hydrogen-bond donors (Lipinski definition) is 1. The van der Waals surface area contributed by atoms with E-state index in [4.69, 9.17) is 5.73 Å². The van der Waals surface area contributed by atoms with Crippen molar-refractivity contribution in [3.63, 3.8) is 0 Å². The number of aromatic nitrogens is 1. The number of anilines is 2. The number of Topliss-reactive ketones (excluding diaryl/α,β-unsaturated/α-hetero) is 1. The van der Waals surface area contributed by atoms with Crippen molar-refractivity contribution in [2.45, 2.75) is 13.8 Å². The Kier molecular flexibility index (Phi) is 3.10. The lowest BCUT2D eigenvalue weighted by molar-refractivity contribution is 0.0944. The summed E-state index contributed by atoms with van der Waals surface area (Å²) in [4.78, 5) is 18.2. The summed E-state index contributed by atoms with van der Waals surface area (Å²) in [6, 6.07) is 0. The molecule has 1 aromatic rings. The smallest absolute Gasteiger partial charge is 0.187 e. The van der Waals surface area contributed by atoms with Crippen molar-refractivity contribution in [2.75, 3.05) is 24.7 Å². The average Bonchev–Trinajstić information content (AvgIpc) is 2.46. The summed E-state index contributed by atoms with van der Waals surface area (Å²) >= 11 is 1.34. The molecular formula is C9H15N3OS. The van der Waals surface area contributed by atoms with Gasteiger partial charge in [0.15, 0.2) is 10.9 Å². The van der Waals surface area contributed by atoms with Gasteiger partial charge in [-0.1, -0.05) is 25.2 Å². The third-order valence-corrected chi connectivity index (χ3v) is 3.03. The second-order valence-electron chi connectivity index (χ2n) is 3.62. The van der Waals surface area contributed by atoms with Crippen LogP contribution in [0.15, 0.2) is 0 Å². The van der Waals surface area contributed by atoms with E-state index in [9.17, 15) is 4.79 Å². The maximum Gasteiger partial charge on any atom is 0.187 e. The molecule has 0 aliphatic rings. The van der Waals surface area contributed by atoms with Gasteiger partial charge in [0.05, 0.1) is 0 Å². The van der Waals surface area contributed by atoms with Crippen LogP contribution < -0.4 is 10.6 Å². The van der Waals surface area contributed by atoms with E-state index in [1.54, 1.807) is 0 Å². The molecule has 0 saturated carbocycles. The monoisotopic (exact) mass is 213 g/mol. The Labute approximate surface area is 87.7 Å². The summed E-state index contributed by atoms with van der Waals surface area (Å²) in [6.45, 7) is 3.72. The Bertz CT molecular complexity index is 344. The summed E-state index contributed by atoms with van der Waals surface area (Å²) in [7, 11) is 3.75. The van der Waals surface area contributed by atoms with Gasteiger partial charge in [-0.15, -0.1) is 0 Å². The third-order valence-electron chi connectivity index (χ3n) is 1.77. The first-order chi connectivity index (χ1) is 6.43. The van der Waals surface area contributed by atoms with Crippen molar-refractivity contribution in [3.8, 4) is 0 Å². The SMILES string of the molecule is CC(C)C(=O)c1sc(N(C)C)nc1N. The van der Waals surface area contributed by atoms with Crippen molar-refractivity contribution < 1.29 is 4.79 Å². The molecule has 1 rings (SSSR count). The van der Waals surface area contributed by atoms with Crippen LogP contribution in [0, 0.1) is 5.92 Å². The van der Waals surface area contributed by atoms with Crippen LogP contribution in [-0.2, 0) is 0 Å². The first-order valence-corrected chi connectivity index (χ1v) is 5.23. The zero-order valence-electron chi connectivity index (χ0n) is 8.87. The van der Waals surface area contributed by atoms with E-state index in [1.807, 2.05) is 32.8 Å². The normalized spacial score (nSPS) is 10.6. The number of carbonyl (C=O) groups excluding carboxylic acids is 1.